The molecule has 27 heavy (non-hydrogen) atoms. The van der Waals surface area contributed by atoms with Crippen molar-refractivity contribution in [1.82, 2.24) is 25.4 Å². The minimum atomic E-state index is 0. The van der Waals surface area contributed by atoms with Crippen molar-refractivity contribution in [2.45, 2.75) is 89.9 Å². The van der Waals surface area contributed by atoms with Crippen LogP contribution in [0.5, 0.6) is 0 Å². The molecule has 0 aromatic carbocycles. The van der Waals surface area contributed by atoms with E-state index in [0.29, 0.717) is 12.6 Å². The lowest BCUT2D eigenvalue weighted by Crippen LogP contribution is -2.50. The summed E-state index contributed by atoms with van der Waals surface area (Å²) in [5, 5.41) is 15.4. The monoisotopic (exact) mass is 490 g/mol. The van der Waals surface area contributed by atoms with Crippen LogP contribution in [-0.2, 0) is 17.7 Å². The maximum absolute atomic E-state index is 5.83. The van der Waals surface area contributed by atoms with Crippen LogP contribution in [0.25, 0.3) is 0 Å². The Morgan fingerprint density at radius 2 is 2.11 bits per heavy atom. The van der Waals surface area contributed by atoms with Crippen LogP contribution in [0.2, 0.25) is 0 Å². The van der Waals surface area contributed by atoms with E-state index in [1.165, 1.54) is 32.1 Å². The van der Waals surface area contributed by atoms with Gasteiger partial charge in [-0.3, -0.25) is 4.99 Å². The number of aryl methyl sites for hydroxylation is 1. The van der Waals surface area contributed by atoms with E-state index in [1.54, 1.807) is 6.33 Å². The van der Waals surface area contributed by atoms with Gasteiger partial charge in [0.25, 0.3) is 0 Å². The second kappa shape index (κ2) is 11.8. The number of hydrogen-bond acceptors (Lipinski definition) is 4. The molecule has 2 N–H and O–H groups in total. The average Bonchev–Trinajstić information content (AvgIpc) is 3.34. The van der Waals surface area contributed by atoms with Gasteiger partial charge in [-0.2, -0.15) is 0 Å². The largest absolute Gasteiger partial charge is 0.376 e. The molecule has 1 aliphatic heterocycles. The minimum Gasteiger partial charge on any atom is -0.376 e. The van der Waals surface area contributed by atoms with E-state index in [2.05, 4.69) is 39.2 Å². The Morgan fingerprint density at radius 3 is 2.81 bits per heavy atom. The quantitative estimate of drug-likeness (QED) is 0.349. The molecule has 2 atom stereocenters. The summed E-state index contributed by atoms with van der Waals surface area (Å²) < 4.78 is 7.92. The van der Waals surface area contributed by atoms with Crippen molar-refractivity contribution in [3.05, 3.63) is 12.2 Å². The third-order valence-corrected chi connectivity index (χ3v) is 5.46. The number of aliphatic imine (C=N–C) groups is 1. The second-order valence-electron chi connectivity index (χ2n) is 7.49. The number of hydrogen-bond donors (Lipinski definition) is 2. The molecular formula is C19H35IN6O. The van der Waals surface area contributed by atoms with Gasteiger partial charge in [-0.05, 0) is 32.6 Å². The summed E-state index contributed by atoms with van der Waals surface area (Å²) in [5.41, 5.74) is 0. The number of guanidine groups is 1. The highest BCUT2D eigenvalue weighted by Gasteiger charge is 2.24. The van der Waals surface area contributed by atoms with Gasteiger partial charge >= 0.3 is 0 Å². The van der Waals surface area contributed by atoms with Gasteiger partial charge in [0, 0.05) is 25.6 Å². The van der Waals surface area contributed by atoms with Crippen LogP contribution in [-0.4, -0.2) is 52.1 Å². The van der Waals surface area contributed by atoms with Gasteiger partial charge in [-0.25, -0.2) is 0 Å². The summed E-state index contributed by atoms with van der Waals surface area (Å²) >= 11 is 0. The summed E-state index contributed by atoms with van der Waals surface area (Å²) in [4.78, 5) is 4.84. The molecule has 0 amide bonds. The van der Waals surface area contributed by atoms with Crippen LogP contribution in [0.4, 0.5) is 0 Å². The van der Waals surface area contributed by atoms with Gasteiger partial charge < -0.3 is 19.9 Å². The van der Waals surface area contributed by atoms with Crippen LogP contribution in [0, 0.1) is 0 Å². The van der Waals surface area contributed by atoms with Crippen molar-refractivity contribution in [2.75, 3.05) is 13.2 Å². The normalized spacial score (nSPS) is 22.3. The third kappa shape index (κ3) is 6.89. The zero-order valence-corrected chi connectivity index (χ0v) is 19.0. The van der Waals surface area contributed by atoms with Crippen molar-refractivity contribution >= 4 is 29.9 Å². The molecule has 3 rings (SSSR count). The Kier molecular flexibility index (Phi) is 9.81. The summed E-state index contributed by atoms with van der Waals surface area (Å²) in [6.07, 6.45) is 11.7. The highest BCUT2D eigenvalue weighted by atomic mass is 127. The summed E-state index contributed by atoms with van der Waals surface area (Å²) in [5.74, 6) is 1.94. The van der Waals surface area contributed by atoms with Crippen LogP contribution in [0.1, 0.15) is 64.6 Å². The topological polar surface area (TPSA) is 76.4 Å². The average molecular weight is 490 g/mol. The molecule has 0 spiro atoms. The molecule has 1 saturated heterocycles. The lowest BCUT2D eigenvalue weighted by Gasteiger charge is -2.28. The van der Waals surface area contributed by atoms with Crippen molar-refractivity contribution in [1.29, 1.82) is 0 Å². The lowest BCUT2D eigenvalue weighted by molar-refractivity contribution is 0.0889. The fourth-order valence-electron chi connectivity index (χ4n) is 3.89. The van der Waals surface area contributed by atoms with Crippen molar-refractivity contribution in [3.8, 4) is 0 Å². The summed E-state index contributed by atoms with van der Waals surface area (Å²) in [6, 6.07) is 0.807. The molecule has 1 saturated carbocycles. The van der Waals surface area contributed by atoms with E-state index < -0.39 is 0 Å². The van der Waals surface area contributed by atoms with Gasteiger partial charge in [0.2, 0.25) is 0 Å². The molecule has 154 valence electrons. The van der Waals surface area contributed by atoms with Crippen LogP contribution in [0.15, 0.2) is 11.3 Å². The van der Waals surface area contributed by atoms with E-state index in [1.807, 2.05) is 0 Å². The fourth-order valence-corrected chi connectivity index (χ4v) is 3.89. The first-order valence-corrected chi connectivity index (χ1v) is 10.3. The van der Waals surface area contributed by atoms with Crippen molar-refractivity contribution in [2.24, 2.45) is 4.99 Å². The van der Waals surface area contributed by atoms with Gasteiger partial charge in [0.1, 0.15) is 12.2 Å². The fraction of sp³-hybridized carbons (Fsp3) is 0.842. The van der Waals surface area contributed by atoms with Crippen molar-refractivity contribution in [3.63, 3.8) is 0 Å². The van der Waals surface area contributed by atoms with Gasteiger partial charge in [-0.15, -0.1) is 34.2 Å². The SMILES string of the molecule is CCc1nncn1CCN=C(NC1CCCCC1)NC(C)C1CCCO1.I. The maximum Gasteiger partial charge on any atom is 0.191 e. The molecule has 2 unspecified atom stereocenters. The Morgan fingerprint density at radius 1 is 1.30 bits per heavy atom. The number of rotatable bonds is 7. The van der Waals surface area contributed by atoms with Crippen molar-refractivity contribution < 1.29 is 4.74 Å². The third-order valence-electron chi connectivity index (χ3n) is 5.46. The first kappa shape index (κ1) is 22.4. The molecule has 7 nitrogen and oxygen atoms in total. The van der Waals surface area contributed by atoms with E-state index in [4.69, 9.17) is 9.73 Å². The van der Waals surface area contributed by atoms with Gasteiger partial charge in [0.05, 0.1) is 18.7 Å². The molecule has 0 radical (unpaired) electrons. The molecule has 2 aliphatic rings. The lowest BCUT2D eigenvalue weighted by atomic mass is 9.96. The summed E-state index contributed by atoms with van der Waals surface area (Å²) in [7, 11) is 0. The number of halogens is 1. The molecule has 2 fully saturated rings. The van der Waals surface area contributed by atoms with E-state index in [-0.39, 0.29) is 36.1 Å². The van der Waals surface area contributed by atoms with E-state index in [0.717, 1.165) is 44.2 Å². The van der Waals surface area contributed by atoms with E-state index in [9.17, 15) is 0 Å². The Labute approximate surface area is 180 Å². The number of ether oxygens (including phenoxy) is 1. The maximum atomic E-state index is 5.83. The predicted octanol–water partition coefficient (Wildman–Crippen LogP) is 2.89. The Bertz CT molecular complexity index is 566. The Hall–Kier alpha value is -0.900. The number of nitrogens with zero attached hydrogens (tertiary/aromatic N) is 4. The van der Waals surface area contributed by atoms with Crippen LogP contribution in [0.3, 0.4) is 0 Å². The molecule has 2 heterocycles. The molecule has 1 aromatic heterocycles. The zero-order chi connectivity index (χ0) is 18.2. The molecule has 1 aliphatic carbocycles. The second-order valence-corrected chi connectivity index (χ2v) is 7.49. The number of nitrogens with one attached hydrogen (secondary N) is 2. The summed E-state index contributed by atoms with van der Waals surface area (Å²) in [6.45, 7) is 6.70. The molecule has 0 bridgehead atoms. The standard InChI is InChI=1S/C19H34N6O.HI/c1-3-18-24-21-14-25(18)12-11-20-19(23-16-8-5-4-6-9-16)22-15(2)17-10-7-13-26-17;/h14-17H,3-13H2,1-2H3,(H2,20,22,23);1H. The first-order valence-electron chi connectivity index (χ1n) is 10.3. The predicted molar refractivity (Wildman–Crippen MR) is 119 cm³/mol. The molecule has 1 aromatic rings. The van der Waals surface area contributed by atoms with Gasteiger partial charge in [-0.1, -0.05) is 26.2 Å². The van der Waals surface area contributed by atoms with E-state index >= 15 is 0 Å². The van der Waals surface area contributed by atoms with Crippen LogP contribution < -0.4 is 10.6 Å². The highest BCUT2D eigenvalue weighted by molar-refractivity contribution is 14.0. The highest BCUT2D eigenvalue weighted by Crippen LogP contribution is 2.18. The zero-order valence-electron chi connectivity index (χ0n) is 16.7. The number of aromatic nitrogens is 3. The minimum absolute atomic E-state index is 0. The smallest absolute Gasteiger partial charge is 0.191 e. The Balaban J connectivity index is 0.00000261. The first-order chi connectivity index (χ1) is 12.8. The molecule has 8 heteroatoms. The van der Waals surface area contributed by atoms with Crippen LogP contribution >= 0.6 is 24.0 Å². The molecular weight excluding hydrogens is 455 g/mol. The van der Waals surface area contributed by atoms with Gasteiger partial charge in [0.15, 0.2) is 5.96 Å².